The van der Waals surface area contributed by atoms with E-state index in [1.54, 1.807) is 51.6 Å². The summed E-state index contributed by atoms with van der Waals surface area (Å²) in [5.74, 6) is 0.520. The number of amidine groups is 1. The zero-order valence-corrected chi connectivity index (χ0v) is 20.7. The lowest BCUT2D eigenvalue weighted by atomic mass is 9.94. The van der Waals surface area contributed by atoms with Crippen molar-refractivity contribution in [2.24, 2.45) is 9.98 Å². The molecule has 0 atom stereocenters. The maximum atomic E-state index is 13.5. The van der Waals surface area contributed by atoms with Crippen LogP contribution in [0, 0.1) is 0 Å². The molecule has 1 aliphatic heterocycles. The van der Waals surface area contributed by atoms with Crippen LogP contribution >= 0.6 is 0 Å². The Bertz CT molecular complexity index is 1260. The fourth-order valence-electron chi connectivity index (χ4n) is 4.20. The molecule has 0 aromatic heterocycles. The summed E-state index contributed by atoms with van der Waals surface area (Å²) < 4.78 is 79.5. The van der Waals surface area contributed by atoms with Crippen LogP contribution in [0.1, 0.15) is 40.3 Å². The Hall–Kier alpha value is -3.63. The van der Waals surface area contributed by atoms with Crippen molar-refractivity contribution in [1.29, 1.82) is 0 Å². The molecule has 1 heterocycles. The molecule has 2 amide bonds. The number of carbonyl (C=O) groups excluding carboxylic acids is 1. The Morgan fingerprint density at radius 3 is 2.14 bits per heavy atom. The summed E-state index contributed by atoms with van der Waals surface area (Å²) >= 11 is 0. The maximum Gasteiger partial charge on any atom is 0.416 e. The highest BCUT2D eigenvalue weighted by atomic mass is 19.4. The van der Waals surface area contributed by atoms with Gasteiger partial charge in [-0.05, 0) is 66.3 Å². The lowest BCUT2D eigenvalue weighted by Gasteiger charge is -2.16. The molecule has 0 unspecified atom stereocenters. The van der Waals surface area contributed by atoms with E-state index in [1.165, 1.54) is 9.80 Å². The molecule has 0 aliphatic carbocycles. The Morgan fingerprint density at radius 2 is 1.57 bits per heavy atom. The molecule has 11 heteroatoms. The number of nitrogens with zero attached hydrogens (tertiary/aromatic N) is 4. The number of halogens is 6. The SMILES string of the molecule is CCN1C(=O)N(C)/C(=C\c2ccc(CCc3ccc(C(F)(F)F)cc3C(F)(F)F)c(C=NC)c2)C1=NC. The van der Waals surface area contributed by atoms with Crippen LogP contribution < -0.4 is 0 Å². The third kappa shape index (κ3) is 6.03. The van der Waals surface area contributed by atoms with Gasteiger partial charge < -0.3 is 0 Å². The summed E-state index contributed by atoms with van der Waals surface area (Å²) in [5.41, 5.74) is -0.218. The van der Waals surface area contributed by atoms with Gasteiger partial charge in [0.15, 0.2) is 5.84 Å². The summed E-state index contributed by atoms with van der Waals surface area (Å²) in [4.78, 5) is 23.8. The molecule has 5 nitrogen and oxygen atoms in total. The van der Waals surface area contributed by atoms with Crippen LogP contribution in [0.2, 0.25) is 0 Å². The van der Waals surface area contributed by atoms with Crippen LogP contribution in [-0.2, 0) is 25.2 Å². The molecule has 1 saturated heterocycles. The fourth-order valence-corrected chi connectivity index (χ4v) is 4.20. The molecule has 0 spiro atoms. The van der Waals surface area contributed by atoms with Crippen LogP contribution in [-0.4, -0.2) is 55.6 Å². The molecule has 2 aromatic rings. The van der Waals surface area contributed by atoms with E-state index in [2.05, 4.69) is 9.98 Å². The number of carbonyl (C=O) groups is 1. The number of alkyl halides is 6. The van der Waals surface area contributed by atoms with E-state index in [0.29, 0.717) is 35.3 Å². The largest absolute Gasteiger partial charge is 0.416 e. The lowest BCUT2D eigenvalue weighted by molar-refractivity contribution is -0.143. The van der Waals surface area contributed by atoms with Crippen molar-refractivity contribution in [2.45, 2.75) is 32.1 Å². The lowest BCUT2D eigenvalue weighted by Crippen LogP contribution is -2.31. The monoisotopic (exact) mass is 524 g/mol. The van der Waals surface area contributed by atoms with Crippen LogP contribution in [0.15, 0.2) is 52.1 Å². The molecule has 198 valence electrons. The molecule has 3 rings (SSSR count). The van der Waals surface area contributed by atoms with Crippen molar-refractivity contribution in [1.82, 2.24) is 9.80 Å². The normalized spacial score (nSPS) is 17.2. The van der Waals surface area contributed by atoms with E-state index < -0.39 is 23.5 Å². The van der Waals surface area contributed by atoms with Gasteiger partial charge in [0.05, 0.1) is 16.8 Å². The minimum atomic E-state index is -4.92. The maximum absolute atomic E-state index is 13.5. The van der Waals surface area contributed by atoms with E-state index in [-0.39, 0.29) is 30.5 Å². The number of rotatable bonds is 6. The van der Waals surface area contributed by atoms with Gasteiger partial charge in [-0.1, -0.05) is 18.2 Å². The van der Waals surface area contributed by atoms with Crippen molar-refractivity contribution >= 4 is 24.2 Å². The molecular weight excluding hydrogens is 498 g/mol. The summed E-state index contributed by atoms with van der Waals surface area (Å²) in [6.45, 7) is 2.29. The van der Waals surface area contributed by atoms with Crippen molar-refractivity contribution < 1.29 is 31.1 Å². The van der Waals surface area contributed by atoms with Gasteiger partial charge >= 0.3 is 18.4 Å². The van der Waals surface area contributed by atoms with Crippen LogP contribution in [0.3, 0.4) is 0 Å². The smallest absolute Gasteiger partial charge is 0.296 e. The van der Waals surface area contributed by atoms with Crippen LogP contribution in [0.4, 0.5) is 31.1 Å². The third-order valence-corrected chi connectivity index (χ3v) is 6.04. The number of hydrogen-bond donors (Lipinski definition) is 0. The summed E-state index contributed by atoms with van der Waals surface area (Å²) in [6, 6.07) is 6.78. The topological polar surface area (TPSA) is 48.3 Å². The van der Waals surface area contributed by atoms with E-state index >= 15 is 0 Å². The van der Waals surface area contributed by atoms with Crippen molar-refractivity contribution in [3.05, 3.63) is 75.5 Å². The van der Waals surface area contributed by atoms with Crippen molar-refractivity contribution in [3.63, 3.8) is 0 Å². The number of likely N-dealkylation sites (N-methyl/N-ethyl adjacent to an activating group) is 2. The van der Waals surface area contributed by atoms with E-state index in [0.717, 1.165) is 11.6 Å². The minimum Gasteiger partial charge on any atom is -0.296 e. The standard InChI is InChI=1S/C26H26F6N4O/c1-5-36-23(34-3)22(35(4)24(36)37)13-16-6-7-17(19(12-16)15-33-2)8-9-18-10-11-20(25(27,28)29)14-21(18)26(30,31)32/h6-7,10-15H,5,8-9H2,1-4H3/b22-13-,33-15?,34-23?. The fraction of sp³-hybridized carbons (Fsp3) is 0.346. The minimum absolute atomic E-state index is 0.118. The molecule has 2 aromatic carbocycles. The second kappa shape index (κ2) is 10.8. The number of aliphatic imine (C=N–C) groups is 2. The first-order valence-electron chi connectivity index (χ1n) is 11.4. The number of hydrogen-bond acceptors (Lipinski definition) is 3. The number of urea groups is 1. The molecule has 0 saturated carbocycles. The second-order valence-corrected chi connectivity index (χ2v) is 8.38. The molecule has 37 heavy (non-hydrogen) atoms. The highest BCUT2D eigenvalue weighted by molar-refractivity contribution is 6.16. The zero-order valence-electron chi connectivity index (χ0n) is 20.7. The van der Waals surface area contributed by atoms with Crippen molar-refractivity contribution in [3.8, 4) is 0 Å². The Kier molecular flexibility index (Phi) is 8.14. The zero-order chi connectivity index (χ0) is 27.5. The molecule has 0 bridgehead atoms. The van der Waals surface area contributed by atoms with Gasteiger partial charge in [-0.25, -0.2) is 4.79 Å². The van der Waals surface area contributed by atoms with Crippen LogP contribution in [0.25, 0.3) is 6.08 Å². The second-order valence-electron chi connectivity index (χ2n) is 8.38. The Labute approximate surface area is 210 Å². The molecule has 0 N–H and O–H groups in total. The average molecular weight is 525 g/mol. The average Bonchev–Trinajstić information content (AvgIpc) is 3.06. The number of amides is 2. The first-order valence-corrected chi connectivity index (χ1v) is 11.4. The van der Waals surface area contributed by atoms with E-state index in [4.69, 9.17) is 0 Å². The summed E-state index contributed by atoms with van der Waals surface area (Å²) in [7, 11) is 4.78. The molecular formula is C26H26F6N4O. The Balaban J connectivity index is 1.94. The van der Waals surface area contributed by atoms with Crippen LogP contribution in [0.5, 0.6) is 0 Å². The highest BCUT2D eigenvalue weighted by Crippen LogP contribution is 2.37. The molecule has 1 aliphatic rings. The van der Waals surface area contributed by atoms with Gasteiger partial charge in [-0.3, -0.25) is 19.8 Å². The third-order valence-electron chi connectivity index (χ3n) is 6.04. The van der Waals surface area contributed by atoms with Gasteiger partial charge in [0, 0.05) is 33.9 Å². The number of aryl methyl sites for hydroxylation is 2. The molecule has 1 fully saturated rings. The van der Waals surface area contributed by atoms with Gasteiger partial charge in [0.2, 0.25) is 0 Å². The van der Waals surface area contributed by atoms with Crippen molar-refractivity contribution in [2.75, 3.05) is 27.7 Å². The first-order chi connectivity index (χ1) is 17.3. The van der Waals surface area contributed by atoms with Gasteiger partial charge in [-0.2, -0.15) is 26.3 Å². The Morgan fingerprint density at radius 1 is 0.919 bits per heavy atom. The van der Waals surface area contributed by atoms with Gasteiger partial charge in [-0.15, -0.1) is 0 Å². The predicted octanol–water partition coefficient (Wildman–Crippen LogP) is 6.31. The van der Waals surface area contributed by atoms with Gasteiger partial charge in [0.1, 0.15) is 0 Å². The summed E-state index contributed by atoms with van der Waals surface area (Å²) in [5, 5.41) is 0. The summed E-state index contributed by atoms with van der Waals surface area (Å²) in [6.07, 6.45) is -6.42. The highest BCUT2D eigenvalue weighted by Gasteiger charge is 2.38. The molecule has 0 radical (unpaired) electrons. The van der Waals surface area contributed by atoms with Gasteiger partial charge in [0.25, 0.3) is 0 Å². The first kappa shape index (κ1) is 27.9. The predicted molar refractivity (Wildman–Crippen MR) is 131 cm³/mol. The number of benzene rings is 2. The quantitative estimate of drug-likeness (QED) is 0.323. The van der Waals surface area contributed by atoms with E-state index in [9.17, 15) is 31.1 Å². The van der Waals surface area contributed by atoms with E-state index in [1.807, 2.05) is 6.92 Å².